The molecule has 2 aromatic rings. The van der Waals surface area contributed by atoms with E-state index in [9.17, 15) is 9.59 Å². The number of aryl methyl sites for hydroxylation is 1. The third kappa shape index (κ3) is 3.96. The Hall–Kier alpha value is -3.02. The van der Waals surface area contributed by atoms with Gasteiger partial charge in [0.25, 0.3) is 5.91 Å². The van der Waals surface area contributed by atoms with Gasteiger partial charge in [-0.1, -0.05) is 42.7 Å². The van der Waals surface area contributed by atoms with E-state index < -0.39 is 6.03 Å². The average Bonchev–Trinajstić information content (AvgIpc) is 3.10. The van der Waals surface area contributed by atoms with Gasteiger partial charge in [-0.15, -0.1) is 0 Å². The van der Waals surface area contributed by atoms with Crippen molar-refractivity contribution in [3.05, 3.63) is 59.0 Å². The van der Waals surface area contributed by atoms with Crippen LogP contribution in [0.25, 0.3) is 6.08 Å². The van der Waals surface area contributed by atoms with Crippen molar-refractivity contribution in [3.63, 3.8) is 0 Å². The molecule has 1 aromatic carbocycles. The summed E-state index contributed by atoms with van der Waals surface area (Å²) in [5, 5.41) is 2.66. The number of benzene rings is 1. The van der Waals surface area contributed by atoms with Crippen molar-refractivity contribution in [2.45, 2.75) is 39.2 Å². The number of amides is 3. The Balaban J connectivity index is 1.48. The van der Waals surface area contributed by atoms with Gasteiger partial charge in [0, 0.05) is 25.2 Å². The predicted molar refractivity (Wildman–Crippen MR) is 108 cm³/mol. The molecule has 2 aliphatic heterocycles. The van der Waals surface area contributed by atoms with E-state index >= 15 is 0 Å². The lowest BCUT2D eigenvalue weighted by atomic mass is 10.1. The van der Waals surface area contributed by atoms with Gasteiger partial charge in [-0.05, 0) is 31.4 Å². The number of nitrogens with one attached hydrogen (secondary N) is 1. The van der Waals surface area contributed by atoms with Gasteiger partial charge < -0.3 is 14.6 Å². The first-order valence-corrected chi connectivity index (χ1v) is 9.85. The Kier molecular flexibility index (Phi) is 5.19. The number of carbonyl (C=O) groups excluding carboxylic acids is 2. The highest BCUT2D eigenvalue weighted by atomic mass is 16.4. The van der Waals surface area contributed by atoms with Crippen LogP contribution in [0.5, 0.6) is 0 Å². The highest BCUT2D eigenvalue weighted by Gasteiger charge is 2.33. The fourth-order valence-electron chi connectivity index (χ4n) is 3.73. The second kappa shape index (κ2) is 7.92. The van der Waals surface area contributed by atoms with Crippen LogP contribution in [-0.4, -0.2) is 29.9 Å². The number of rotatable bonds is 4. The van der Waals surface area contributed by atoms with Gasteiger partial charge in [-0.25, -0.2) is 4.79 Å². The fraction of sp³-hybridized carbons (Fsp3) is 0.364. The van der Waals surface area contributed by atoms with Crippen molar-refractivity contribution in [1.29, 1.82) is 0 Å². The Bertz CT molecular complexity index is 907. The summed E-state index contributed by atoms with van der Waals surface area (Å²) in [6, 6.07) is 11.2. The van der Waals surface area contributed by atoms with Gasteiger partial charge in [0.1, 0.15) is 11.5 Å². The molecule has 2 saturated heterocycles. The number of hydrogen-bond donors (Lipinski definition) is 1. The summed E-state index contributed by atoms with van der Waals surface area (Å²) in [4.78, 5) is 28.4. The molecule has 1 aromatic heterocycles. The molecule has 28 heavy (non-hydrogen) atoms. The van der Waals surface area contributed by atoms with Crippen LogP contribution < -0.4 is 10.2 Å². The summed E-state index contributed by atoms with van der Waals surface area (Å²) in [5.74, 6) is 1.06. The molecule has 6 nitrogen and oxygen atoms in total. The van der Waals surface area contributed by atoms with Gasteiger partial charge in [0.2, 0.25) is 0 Å². The smallest absolute Gasteiger partial charge is 0.329 e. The van der Waals surface area contributed by atoms with Crippen LogP contribution in [0.1, 0.15) is 42.6 Å². The van der Waals surface area contributed by atoms with Crippen LogP contribution in [0.2, 0.25) is 0 Å². The Morgan fingerprint density at radius 1 is 1.07 bits per heavy atom. The van der Waals surface area contributed by atoms with E-state index in [-0.39, 0.29) is 18.1 Å². The van der Waals surface area contributed by atoms with Crippen LogP contribution in [0.3, 0.4) is 0 Å². The first-order chi connectivity index (χ1) is 13.6. The summed E-state index contributed by atoms with van der Waals surface area (Å²) in [6.45, 7) is 4.22. The monoisotopic (exact) mass is 379 g/mol. The summed E-state index contributed by atoms with van der Waals surface area (Å²) in [6.07, 6.45) is 6.45. The Morgan fingerprint density at radius 2 is 1.86 bits per heavy atom. The van der Waals surface area contributed by atoms with E-state index in [4.69, 9.17) is 4.42 Å². The lowest BCUT2D eigenvalue weighted by molar-refractivity contribution is -0.123. The third-order valence-electron chi connectivity index (χ3n) is 5.20. The van der Waals surface area contributed by atoms with Gasteiger partial charge >= 0.3 is 6.03 Å². The van der Waals surface area contributed by atoms with Gasteiger partial charge in [-0.3, -0.25) is 9.69 Å². The Labute approximate surface area is 164 Å². The van der Waals surface area contributed by atoms with Crippen LogP contribution in [-0.2, 0) is 11.3 Å². The minimum absolute atomic E-state index is 0.245. The molecular formula is C22H25N3O3. The van der Waals surface area contributed by atoms with Crippen LogP contribution in [0.15, 0.2) is 46.5 Å². The summed E-state index contributed by atoms with van der Waals surface area (Å²) < 4.78 is 5.92. The minimum Gasteiger partial charge on any atom is -0.441 e. The summed E-state index contributed by atoms with van der Waals surface area (Å²) in [7, 11) is 0. The topological polar surface area (TPSA) is 65.8 Å². The molecule has 6 heteroatoms. The number of imide groups is 1. The predicted octanol–water partition coefficient (Wildman–Crippen LogP) is 4.06. The van der Waals surface area contributed by atoms with Crippen LogP contribution in [0, 0.1) is 6.92 Å². The number of furan rings is 1. The molecule has 0 bridgehead atoms. The van der Waals surface area contributed by atoms with Crippen molar-refractivity contribution in [2.75, 3.05) is 18.0 Å². The van der Waals surface area contributed by atoms with Crippen molar-refractivity contribution < 1.29 is 14.0 Å². The van der Waals surface area contributed by atoms with Crippen molar-refractivity contribution in [3.8, 4) is 0 Å². The third-order valence-corrected chi connectivity index (χ3v) is 5.20. The minimum atomic E-state index is -0.406. The number of hydrogen-bond acceptors (Lipinski definition) is 4. The highest BCUT2D eigenvalue weighted by molar-refractivity contribution is 6.13. The maximum Gasteiger partial charge on any atom is 0.329 e. The van der Waals surface area contributed by atoms with Crippen LogP contribution >= 0.6 is 0 Å². The van der Waals surface area contributed by atoms with Crippen molar-refractivity contribution in [1.82, 2.24) is 10.2 Å². The molecule has 146 valence electrons. The van der Waals surface area contributed by atoms with Gasteiger partial charge in [0.05, 0.1) is 6.54 Å². The molecule has 0 spiro atoms. The Morgan fingerprint density at radius 3 is 2.61 bits per heavy atom. The van der Waals surface area contributed by atoms with Crippen molar-refractivity contribution in [2.24, 2.45) is 0 Å². The normalized spacial score (nSPS) is 19.2. The number of urea groups is 1. The second-order valence-electron chi connectivity index (χ2n) is 7.45. The molecule has 0 aliphatic carbocycles. The largest absolute Gasteiger partial charge is 0.441 e. The SMILES string of the molecule is Cc1cccc(CN2C(=O)N/C(=C/c3ccc(N4CCCCCC4)o3)C2=O)c1. The van der Waals surface area contributed by atoms with E-state index in [1.54, 1.807) is 6.08 Å². The molecule has 4 rings (SSSR count). The number of nitrogens with zero attached hydrogens (tertiary/aromatic N) is 2. The molecule has 2 aliphatic rings. The quantitative estimate of drug-likeness (QED) is 0.643. The van der Waals surface area contributed by atoms with Gasteiger partial charge in [-0.2, -0.15) is 0 Å². The summed E-state index contributed by atoms with van der Waals surface area (Å²) in [5.41, 5.74) is 2.26. The second-order valence-corrected chi connectivity index (χ2v) is 7.45. The molecular weight excluding hydrogens is 354 g/mol. The first-order valence-electron chi connectivity index (χ1n) is 9.85. The number of carbonyl (C=O) groups is 2. The molecule has 1 N–H and O–H groups in total. The zero-order valence-corrected chi connectivity index (χ0v) is 16.1. The molecule has 0 radical (unpaired) electrons. The fourth-order valence-corrected chi connectivity index (χ4v) is 3.73. The first kappa shape index (κ1) is 18.3. The van der Waals surface area contributed by atoms with E-state index in [2.05, 4.69) is 10.2 Å². The average molecular weight is 379 g/mol. The molecule has 2 fully saturated rings. The molecule has 0 unspecified atom stereocenters. The van der Waals surface area contributed by atoms with E-state index in [1.807, 2.05) is 43.3 Å². The van der Waals surface area contributed by atoms with E-state index in [1.165, 1.54) is 30.6 Å². The zero-order chi connectivity index (χ0) is 19.5. The molecule has 0 saturated carbocycles. The standard InChI is InChI=1S/C22H25N3O3/c1-16-7-6-8-17(13-16)15-25-21(26)19(23-22(25)27)14-18-9-10-20(28-18)24-11-4-2-3-5-12-24/h6-10,13-14H,2-5,11-12,15H2,1H3,(H,23,27)/b19-14+. The van der Waals surface area contributed by atoms with Crippen molar-refractivity contribution >= 4 is 23.9 Å². The lowest BCUT2D eigenvalue weighted by Gasteiger charge is -2.18. The van der Waals surface area contributed by atoms with Crippen LogP contribution in [0.4, 0.5) is 10.7 Å². The van der Waals surface area contributed by atoms with E-state index in [0.29, 0.717) is 5.76 Å². The summed E-state index contributed by atoms with van der Waals surface area (Å²) >= 11 is 0. The van der Waals surface area contributed by atoms with E-state index in [0.717, 1.165) is 30.1 Å². The maximum absolute atomic E-state index is 12.7. The molecule has 3 heterocycles. The highest BCUT2D eigenvalue weighted by Crippen LogP contribution is 2.24. The molecule has 0 atom stereocenters. The zero-order valence-electron chi connectivity index (χ0n) is 16.1. The lowest BCUT2D eigenvalue weighted by Crippen LogP contribution is -2.30. The molecule has 3 amide bonds. The van der Waals surface area contributed by atoms with Gasteiger partial charge in [0.15, 0.2) is 5.88 Å². The maximum atomic E-state index is 12.7. The number of anilines is 1.